The zero-order valence-corrected chi connectivity index (χ0v) is 20.0. The first-order chi connectivity index (χ1) is 16.3. The maximum absolute atomic E-state index is 13.6. The summed E-state index contributed by atoms with van der Waals surface area (Å²) in [5, 5.41) is 10.1. The summed E-state index contributed by atoms with van der Waals surface area (Å²) in [6, 6.07) is 16.2. The van der Waals surface area contributed by atoms with E-state index in [1.165, 1.54) is 31.4 Å². The molecular weight excluding hydrogens is 502 g/mol. The Morgan fingerprint density at radius 1 is 1.03 bits per heavy atom. The number of benzene rings is 3. The molecule has 0 spiro atoms. The van der Waals surface area contributed by atoms with Crippen LogP contribution in [0.5, 0.6) is 11.5 Å². The summed E-state index contributed by atoms with van der Waals surface area (Å²) < 4.78 is 10.6. The van der Waals surface area contributed by atoms with E-state index < -0.39 is 17.8 Å². The predicted molar refractivity (Wildman–Crippen MR) is 131 cm³/mol. The first kappa shape index (κ1) is 23.3. The number of phenolic OH excluding ortho intramolecular Hbond substituents is 1. The average Bonchev–Trinajstić information content (AvgIpc) is 2.84. The average molecular weight is 522 g/mol. The number of rotatable bonds is 5. The van der Waals surface area contributed by atoms with Gasteiger partial charge in [-0.05, 0) is 82.5 Å². The number of imide groups is 1. The second-order valence-corrected chi connectivity index (χ2v) is 8.22. The summed E-state index contributed by atoms with van der Waals surface area (Å²) in [5.74, 6) is -1.29. The molecule has 172 valence electrons. The lowest BCUT2D eigenvalue weighted by Crippen LogP contribution is -2.41. The molecule has 1 aliphatic heterocycles. The molecule has 4 rings (SSSR count). The monoisotopic (exact) mass is 521 g/mol. The van der Waals surface area contributed by atoms with Crippen LogP contribution >= 0.6 is 15.9 Å². The number of methoxy groups -OCH3 is 1. The number of hydrogen-bond donors (Lipinski definition) is 1. The molecule has 0 aromatic heterocycles. The van der Waals surface area contributed by atoms with Crippen molar-refractivity contribution in [2.45, 2.75) is 6.92 Å². The standard InChI is InChI=1S/C26H20BrNO6/c1-3-34-26(32)16-8-10-17(11-9-16)28-24(30)19-7-5-4-6-18(19)20(25(28)31)12-15-13-21(27)23(29)22(14-15)33-2/h4-14,29H,3H2,1-2H3/b20-12+. The maximum atomic E-state index is 13.6. The van der Waals surface area contributed by atoms with Gasteiger partial charge in [-0.15, -0.1) is 0 Å². The van der Waals surface area contributed by atoms with Gasteiger partial charge in [-0.3, -0.25) is 9.59 Å². The number of esters is 1. The fraction of sp³-hybridized carbons (Fsp3) is 0.115. The second-order valence-electron chi connectivity index (χ2n) is 7.37. The third-order valence-corrected chi connectivity index (χ3v) is 5.91. The molecule has 34 heavy (non-hydrogen) atoms. The number of nitrogens with zero attached hydrogens (tertiary/aromatic N) is 1. The molecule has 0 fully saturated rings. The smallest absolute Gasteiger partial charge is 0.338 e. The molecule has 3 aromatic carbocycles. The van der Waals surface area contributed by atoms with Crippen molar-refractivity contribution in [3.63, 3.8) is 0 Å². The van der Waals surface area contributed by atoms with Crippen LogP contribution in [0.3, 0.4) is 0 Å². The highest BCUT2D eigenvalue weighted by Crippen LogP contribution is 2.38. The van der Waals surface area contributed by atoms with Crippen LogP contribution in [0.15, 0.2) is 65.1 Å². The van der Waals surface area contributed by atoms with Gasteiger partial charge in [-0.2, -0.15) is 0 Å². The van der Waals surface area contributed by atoms with E-state index in [-0.39, 0.29) is 18.1 Å². The first-order valence-electron chi connectivity index (χ1n) is 10.4. The number of phenols is 1. The minimum absolute atomic E-state index is 0.0569. The molecule has 0 atom stereocenters. The van der Waals surface area contributed by atoms with Crippen molar-refractivity contribution in [2.24, 2.45) is 0 Å². The van der Waals surface area contributed by atoms with Crippen molar-refractivity contribution in [3.05, 3.63) is 87.4 Å². The lowest BCUT2D eigenvalue weighted by atomic mass is 9.91. The molecule has 7 nitrogen and oxygen atoms in total. The van der Waals surface area contributed by atoms with E-state index >= 15 is 0 Å². The third-order valence-electron chi connectivity index (χ3n) is 5.30. The Balaban J connectivity index is 1.81. The van der Waals surface area contributed by atoms with Gasteiger partial charge in [0.1, 0.15) is 0 Å². The van der Waals surface area contributed by atoms with E-state index in [2.05, 4.69) is 15.9 Å². The third kappa shape index (κ3) is 4.20. The quantitative estimate of drug-likeness (QED) is 0.286. The van der Waals surface area contributed by atoms with Crippen LogP contribution < -0.4 is 9.64 Å². The maximum Gasteiger partial charge on any atom is 0.338 e. The van der Waals surface area contributed by atoms with Crippen molar-refractivity contribution < 1.29 is 29.0 Å². The number of hydrogen-bond acceptors (Lipinski definition) is 6. The number of ether oxygens (including phenoxy) is 2. The van der Waals surface area contributed by atoms with Crippen molar-refractivity contribution >= 4 is 51.1 Å². The van der Waals surface area contributed by atoms with Crippen LogP contribution in [0.2, 0.25) is 0 Å². The highest BCUT2D eigenvalue weighted by molar-refractivity contribution is 9.10. The van der Waals surface area contributed by atoms with Gasteiger partial charge in [0.05, 0.1) is 29.4 Å². The molecule has 1 N–H and O–H groups in total. The summed E-state index contributed by atoms with van der Waals surface area (Å²) in [6.45, 7) is 1.96. The number of halogens is 1. The second kappa shape index (κ2) is 9.52. The van der Waals surface area contributed by atoms with Crippen molar-refractivity contribution in [2.75, 3.05) is 18.6 Å². The molecule has 2 amide bonds. The predicted octanol–water partition coefficient (Wildman–Crippen LogP) is 5.07. The SMILES string of the molecule is CCOC(=O)c1ccc(N2C(=O)/C(=C/c3cc(Br)c(O)c(OC)c3)c3ccccc3C2=O)cc1. The molecule has 1 aliphatic rings. The summed E-state index contributed by atoms with van der Waals surface area (Å²) in [7, 11) is 1.43. The molecule has 8 heteroatoms. The van der Waals surface area contributed by atoms with E-state index in [9.17, 15) is 19.5 Å². The van der Waals surface area contributed by atoms with Crippen LogP contribution in [0.1, 0.15) is 38.8 Å². The van der Waals surface area contributed by atoms with Gasteiger partial charge in [-0.25, -0.2) is 9.69 Å². The lowest BCUT2D eigenvalue weighted by Gasteiger charge is -2.28. The zero-order chi connectivity index (χ0) is 24.4. The van der Waals surface area contributed by atoms with Crippen LogP contribution in [-0.2, 0) is 9.53 Å². The molecule has 0 radical (unpaired) electrons. The van der Waals surface area contributed by atoms with E-state index in [0.29, 0.717) is 38.0 Å². The number of amides is 2. The molecule has 0 unspecified atom stereocenters. The van der Waals surface area contributed by atoms with Gasteiger partial charge >= 0.3 is 5.97 Å². The van der Waals surface area contributed by atoms with Gasteiger partial charge in [0.2, 0.25) is 0 Å². The number of carbonyl (C=O) groups is 3. The topological polar surface area (TPSA) is 93.1 Å². The van der Waals surface area contributed by atoms with Crippen LogP contribution in [-0.4, -0.2) is 36.6 Å². The van der Waals surface area contributed by atoms with Crippen molar-refractivity contribution in [1.29, 1.82) is 0 Å². The molecule has 0 saturated heterocycles. The Morgan fingerprint density at radius 2 is 1.71 bits per heavy atom. The van der Waals surface area contributed by atoms with Crippen LogP contribution in [0.25, 0.3) is 11.6 Å². The Hall–Kier alpha value is -3.91. The largest absolute Gasteiger partial charge is 0.503 e. The van der Waals surface area contributed by atoms with E-state index in [1.54, 1.807) is 49.4 Å². The Morgan fingerprint density at radius 3 is 2.35 bits per heavy atom. The highest BCUT2D eigenvalue weighted by Gasteiger charge is 2.35. The fourth-order valence-corrected chi connectivity index (χ4v) is 4.15. The van der Waals surface area contributed by atoms with Crippen LogP contribution in [0, 0.1) is 0 Å². The summed E-state index contributed by atoms with van der Waals surface area (Å²) in [6.07, 6.45) is 1.64. The zero-order valence-electron chi connectivity index (χ0n) is 18.4. The van der Waals surface area contributed by atoms with Gasteiger partial charge in [0, 0.05) is 11.1 Å². The highest BCUT2D eigenvalue weighted by atomic mass is 79.9. The summed E-state index contributed by atoms with van der Waals surface area (Å²) in [5.41, 5.74) is 2.40. The molecule has 0 bridgehead atoms. The minimum atomic E-state index is -0.518. The molecule has 3 aromatic rings. The number of carbonyl (C=O) groups excluding carboxylic acids is 3. The molecule has 0 aliphatic carbocycles. The van der Waals surface area contributed by atoms with Crippen LogP contribution in [0.4, 0.5) is 5.69 Å². The van der Waals surface area contributed by atoms with Gasteiger partial charge < -0.3 is 14.6 Å². The lowest BCUT2D eigenvalue weighted by molar-refractivity contribution is -0.112. The molecule has 1 heterocycles. The summed E-state index contributed by atoms with van der Waals surface area (Å²) in [4.78, 5) is 39.9. The normalized spacial score (nSPS) is 14.2. The number of anilines is 1. The van der Waals surface area contributed by atoms with E-state index in [4.69, 9.17) is 9.47 Å². The van der Waals surface area contributed by atoms with Crippen molar-refractivity contribution in [1.82, 2.24) is 0 Å². The molecular formula is C26H20BrNO6. The van der Waals surface area contributed by atoms with Gasteiger partial charge in [0.25, 0.3) is 11.8 Å². The Labute approximate surface area is 204 Å². The first-order valence-corrected chi connectivity index (χ1v) is 11.2. The van der Waals surface area contributed by atoms with Gasteiger partial charge in [-0.1, -0.05) is 18.2 Å². The number of fused-ring (bicyclic) bond motifs is 1. The Bertz CT molecular complexity index is 1330. The van der Waals surface area contributed by atoms with Crippen molar-refractivity contribution in [3.8, 4) is 11.5 Å². The molecule has 0 saturated carbocycles. The summed E-state index contributed by atoms with van der Waals surface area (Å²) >= 11 is 3.29. The Kier molecular flexibility index (Phi) is 6.51. The van der Waals surface area contributed by atoms with E-state index in [1.807, 2.05) is 0 Å². The van der Waals surface area contributed by atoms with E-state index in [0.717, 1.165) is 4.90 Å². The number of aromatic hydroxyl groups is 1. The minimum Gasteiger partial charge on any atom is -0.503 e. The fourth-order valence-electron chi connectivity index (χ4n) is 3.69. The van der Waals surface area contributed by atoms with Gasteiger partial charge in [0.15, 0.2) is 11.5 Å².